The lowest BCUT2D eigenvalue weighted by Gasteiger charge is -2.12. The average molecular weight is 186 g/mol. The molecule has 0 saturated heterocycles. The molecule has 13 heavy (non-hydrogen) atoms. The Labute approximate surface area is 81.3 Å². The smallest absolute Gasteiger partial charge is 0.135 e. The largest absolute Gasteiger partial charge is 0.392 e. The zero-order valence-electron chi connectivity index (χ0n) is 9.05. The van der Waals surface area contributed by atoms with E-state index in [1.54, 1.807) is 0 Å². The molecule has 0 saturated carbocycles. The molecule has 0 bridgehead atoms. The van der Waals surface area contributed by atoms with Crippen LogP contribution in [0.3, 0.4) is 0 Å². The molecule has 2 nitrogen and oxygen atoms in total. The fourth-order valence-corrected chi connectivity index (χ4v) is 1.14. The van der Waals surface area contributed by atoms with E-state index in [-0.39, 0.29) is 11.7 Å². The van der Waals surface area contributed by atoms with Crippen LogP contribution < -0.4 is 0 Å². The van der Waals surface area contributed by atoms with Crippen LogP contribution in [0.4, 0.5) is 0 Å². The van der Waals surface area contributed by atoms with Gasteiger partial charge < -0.3 is 5.11 Å². The highest BCUT2D eigenvalue weighted by Gasteiger charge is 2.13. The number of carbonyl (C=O) groups is 1. The predicted molar refractivity (Wildman–Crippen MR) is 54.6 cm³/mol. The van der Waals surface area contributed by atoms with Crippen LogP contribution in [0.5, 0.6) is 0 Å². The van der Waals surface area contributed by atoms with E-state index in [4.69, 9.17) is 0 Å². The molecule has 1 N–H and O–H groups in total. The Morgan fingerprint density at radius 2 is 1.92 bits per heavy atom. The molecular formula is C11H22O2. The van der Waals surface area contributed by atoms with Gasteiger partial charge in [0.2, 0.25) is 0 Å². The van der Waals surface area contributed by atoms with E-state index < -0.39 is 6.10 Å². The molecule has 0 heterocycles. The summed E-state index contributed by atoms with van der Waals surface area (Å²) in [5.41, 5.74) is 0. The van der Waals surface area contributed by atoms with E-state index in [2.05, 4.69) is 6.92 Å². The summed E-state index contributed by atoms with van der Waals surface area (Å²) in [6.07, 6.45) is 3.75. The molecule has 0 spiro atoms. The van der Waals surface area contributed by atoms with Crippen LogP contribution in [-0.4, -0.2) is 17.0 Å². The summed E-state index contributed by atoms with van der Waals surface area (Å²) in [7, 11) is 0. The summed E-state index contributed by atoms with van der Waals surface area (Å²) in [5.74, 6) is 0.393. The van der Waals surface area contributed by atoms with E-state index in [0.717, 1.165) is 19.3 Å². The van der Waals surface area contributed by atoms with Crippen molar-refractivity contribution in [2.24, 2.45) is 5.92 Å². The molecule has 78 valence electrons. The summed E-state index contributed by atoms with van der Waals surface area (Å²) in [4.78, 5) is 11.3. The van der Waals surface area contributed by atoms with Gasteiger partial charge in [0.15, 0.2) is 0 Å². The molecule has 0 aromatic carbocycles. The molecule has 0 aliphatic heterocycles. The van der Waals surface area contributed by atoms with Crippen molar-refractivity contribution in [2.45, 2.75) is 59.0 Å². The highest BCUT2D eigenvalue weighted by Crippen LogP contribution is 2.09. The Morgan fingerprint density at radius 1 is 1.31 bits per heavy atom. The monoisotopic (exact) mass is 186 g/mol. The number of aliphatic hydroxyl groups excluding tert-OH is 1. The standard InChI is InChI=1S/C11H22O2/c1-4-5-6-7-10(12)8-11(13)9(2)3/h9,11,13H,4-8H2,1-3H3/t11-/m1/s1. The van der Waals surface area contributed by atoms with E-state index in [1.807, 2.05) is 13.8 Å². The summed E-state index contributed by atoms with van der Waals surface area (Å²) in [5, 5.41) is 9.43. The number of hydrogen-bond acceptors (Lipinski definition) is 2. The van der Waals surface area contributed by atoms with Gasteiger partial charge in [-0.1, -0.05) is 33.6 Å². The fourth-order valence-electron chi connectivity index (χ4n) is 1.14. The molecule has 0 aliphatic rings. The van der Waals surface area contributed by atoms with Gasteiger partial charge in [-0.3, -0.25) is 4.79 Å². The second kappa shape index (κ2) is 7.07. The number of carbonyl (C=O) groups excluding carboxylic acids is 1. The van der Waals surface area contributed by atoms with Crippen molar-refractivity contribution in [1.82, 2.24) is 0 Å². The van der Waals surface area contributed by atoms with Gasteiger partial charge in [0.05, 0.1) is 6.10 Å². The third-order valence-electron chi connectivity index (χ3n) is 2.27. The second-order valence-electron chi connectivity index (χ2n) is 4.01. The van der Waals surface area contributed by atoms with Crippen LogP contribution >= 0.6 is 0 Å². The lowest BCUT2D eigenvalue weighted by atomic mass is 9.99. The Balaban J connectivity index is 3.50. The summed E-state index contributed by atoms with van der Waals surface area (Å²) in [6, 6.07) is 0. The fraction of sp³-hybridized carbons (Fsp3) is 0.909. The first-order valence-corrected chi connectivity index (χ1v) is 5.27. The Morgan fingerprint density at radius 3 is 2.38 bits per heavy atom. The van der Waals surface area contributed by atoms with Gasteiger partial charge in [-0.15, -0.1) is 0 Å². The van der Waals surface area contributed by atoms with Crippen molar-refractivity contribution in [3.05, 3.63) is 0 Å². The van der Waals surface area contributed by atoms with Crippen molar-refractivity contribution in [1.29, 1.82) is 0 Å². The molecule has 0 aliphatic carbocycles. The maximum Gasteiger partial charge on any atom is 0.135 e. The summed E-state index contributed by atoms with van der Waals surface area (Å²) < 4.78 is 0. The van der Waals surface area contributed by atoms with Gasteiger partial charge in [0.25, 0.3) is 0 Å². The molecule has 0 aromatic heterocycles. The zero-order valence-corrected chi connectivity index (χ0v) is 9.05. The molecule has 0 radical (unpaired) electrons. The van der Waals surface area contributed by atoms with Gasteiger partial charge in [-0.2, -0.15) is 0 Å². The SMILES string of the molecule is CCCCCC(=O)C[C@@H](O)C(C)C. The molecule has 0 aromatic rings. The first kappa shape index (κ1) is 12.6. The van der Waals surface area contributed by atoms with Crippen molar-refractivity contribution < 1.29 is 9.90 Å². The molecule has 0 rings (SSSR count). The highest BCUT2D eigenvalue weighted by molar-refractivity contribution is 5.78. The first-order chi connectivity index (χ1) is 6.07. The third-order valence-corrected chi connectivity index (χ3v) is 2.27. The minimum Gasteiger partial charge on any atom is -0.392 e. The Hall–Kier alpha value is -0.370. The quantitative estimate of drug-likeness (QED) is 0.620. The lowest BCUT2D eigenvalue weighted by Crippen LogP contribution is -2.19. The van der Waals surface area contributed by atoms with Crippen LogP contribution in [0.15, 0.2) is 0 Å². The number of aliphatic hydroxyl groups is 1. The van der Waals surface area contributed by atoms with Crippen LogP contribution in [0.1, 0.15) is 52.9 Å². The predicted octanol–water partition coefficient (Wildman–Crippen LogP) is 2.54. The minimum absolute atomic E-state index is 0.190. The molecule has 2 heteroatoms. The van der Waals surface area contributed by atoms with Gasteiger partial charge in [0, 0.05) is 12.8 Å². The Kier molecular flexibility index (Phi) is 6.87. The van der Waals surface area contributed by atoms with Gasteiger partial charge in [-0.05, 0) is 12.3 Å². The number of hydrogen-bond donors (Lipinski definition) is 1. The van der Waals surface area contributed by atoms with Crippen molar-refractivity contribution in [3.8, 4) is 0 Å². The number of unbranched alkanes of at least 4 members (excludes halogenated alkanes) is 2. The summed E-state index contributed by atoms with van der Waals surface area (Å²) >= 11 is 0. The topological polar surface area (TPSA) is 37.3 Å². The molecule has 0 fully saturated rings. The van der Waals surface area contributed by atoms with Crippen LogP contribution in [-0.2, 0) is 4.79 Å². The van der Waals surface area contributed by atoms with Gasteiger partial charge in [0.1, 0.15) is 5.78 Å². The van der Waals surface area contributed by atoms with E-state index in [9.17, 15) is 9.90 Å². The second-order valence-corrected chi connectivity index (χ2v) is 4.01. The van der Waals surface area contributed by atoms with Crippen molar-refractivity contribution >= 4 is 5.78 Å². The lowest BCUT2D eigenvalue weighted by molar-refractivity contribution is -0.121. The van der Waals surface area contributed by atoms with Crippen molar-refractivity contribution in [3.63, 3.8) is 0 Å². The van der Waals surface area contributed by atoms with Crippen LogP contribution in [0.2, 0.25) is 0 Å². The van der Waals surface area contributed by atoms with E-state index in [1.165, 1.54) is 0 Å². The molecule has 1 atom stereocenters. The maximum atomic E-state index is 11.3. The molecule has 0 amide bonds. The van der Waals surface area contributed by atoms with Crippen LogP contribution in [0.25, 0.3) is 0 Å². The van der Waals surface area contributed by atoms with E-state index >= 15 is 0 Å². The van der Waals surface area contributed by atoms with Crippen LogP contribution in [0, 0.1) is 5.92 Å². The Bertz CT molecular complexity index is 141. The minimum atomic E-state index is -0.450. The normalized spacial score (nSPS) is 13.3. The first-order valence-electron chi connectivity index (χ1n) is 5.27. The summed E-state index contributed by atoms with van der Waals surface area (Å²) in [6.45, 7) is 5.99. The average Bonchev–Trinajstić information content (AvgIpc) is 2.04. The molecular weight excluding hydrogens is 164 g/mol. The highest BCUT2D eigenvalue weighted by atomic mass is 16.3. The number of rotatable bonds is 7. The zero-order chi connectivity index (χ0) is 10.3. The maximum absolute atomic E-state index is 11.3. The van der Waals surface area contributed by atoms with Gasteiger partial charge in [-0.25, -0.2) is 0 Å². The van der Waals surface area contributed by atoms with Crippen molar-refractivity contribution in [2.75, 3.05) is 0 Å². The number of Topliss-reactive ketones (excluding diaryl/α,β-unsaturated/α-hetero) is 1. The molecule has 0 unspecified atom stereocenters. The third kappa shape index (κ3) is 6.76. The van der Waals surface area contributed by atoms with E-state index in [0.29, 0.717) is 12.8 Å². The number of ketones is 1. The van der Waals surface area contributed by atoms with Gasteiger partial charge >= 0.3 is 0 Å².